The van der Waals surface area contributed by atoms with Crippen LogP contribution in [0.2, 0.25) is 0 Å². The van der Waals surface area contributed by atoms with Gasteiger partial charge in [-0.25, -0.2) is 4.98 Å². The molecule has 12 rings (SSSR count). The molecule has 0 fully saturated rings. The molecule has 0 aliphatic heterocycles. The third kappa shape index (κ3) is 5.21. The summed E-state index contributed by atoms with van der Waals surface area (Å²) in [5, 5.41) is 9.43. The molecule has 0 bridgehead atoms. The Hall–Kier alpha value is -7.11. The maximum absolute atomic E-state index is 5.44. The van der Waals surface area contributed by atoms with Crippen molar-refractivity contribution in [3.8, 4) is 34.4 Å². The van der Waals surface area contributed by atoms with Gasteiger partial charge in [0.25, 0.3) is 0 Å². The number of aromatic nitrogens is 5. The van der Waals surface area contributed by atoms with Crippen molar-refractivity contribution < 1.29 is 0 Å². The second-order valence-electron chi connectivity index (χ2n) is 18.0. The molecule has 5 nitrogen and oxygen atoms in total. The molecule has 0 spiro atoms. The Morgan fingerprint density at radius 2 is 0.917 bits per heavy atom. The summed E-state index contributed by atoms with van der Waals surface area (Å²) in [6.45, 7) is 9.67. The van der Waals surface area contributed by atoms with Gasteiger partial charge in [-0.3, -0.25) is 4.57 Å². The van der Waals surface area contributed by atoms with Gasteiger partial charge in [0.05, 0.1) is 22.1 Å². The normalized spacial score (nSPS) is 14.8. The Balaban J connectivity index is 1.23. The van der Waals surface area contributed by atoms with Crippen LogP contribution < -0.4 is 0 Å². The molecule has 0 saturated carbocycles. The summed E-state index contributed by atoms with van der Waals surface area (Å²) < 4.78 is 4.80. The van der Waals surface area contributed by atoms with E-state index in [4.69, 9.17) is 15.0 Å². The molecule has 0 atom stereocenters. The van der Waals surface area contributed by atoms with Crippen molar-refractivity contribution in [2.45, 2.75) is 51.4 Å². The van der Waals surface area contributed by atoms with Crippen LogP contribution in [0, 0.1) is 0 Å². The second-order valence-corrected chi connectivity index (χ2v) is 18.0. The Morgan fingerprint density at radius 1 is 0.400 bits per heavy atom. The van der Waals surface area contributed by atoms with Gasteiger partial charge in [-0.2, -0.15) is 9.97 Å². The number of benzene rings is 8. The van der Waals surface area contributed by atoms with Crippen molar-refractivity contribution in [1.82, 2.24) is 24.1 Å². The van der Waals surface area contributed by atoms with Crippen LogP contribution in [0.1, 0.15) is 51.7 Å². The SMILES string of the molecule is CC1(C)CCC(C)(C)c2cc3c(cc21)c1ccc2c4ccccc4n(-c4nc(-c5ccc6ccccc6c5)nc(-c5ccc6ccccc6c5)n4)c2c1n3-c1ccccc1. The first-order chi connectivity index (χ1) is 29.2. The first kappa shape index (κ1) is 34.9. The monoisotopic (exact) mass is 773 g/mol. The van der Waals surface area contributed by atoms with E-state index in [1.807, 2.05) is 0 Å². The molecule has 1 aliphatic carbocycles. The number of hydrogen-bond donors (Lipinski definition) is 0. The fourth-order valence-electron chi connectivity index (χ4n) is 10.0. The van der Waals surface area contributed by atoms with Gasteiger partial charge in [-0.05, 0) is 98.8 Å². The van der Waals surface area contributed by atoms with E-state index in [1.54, 1.807) is 0 Å². The molecule has 1 aliphatic rings. The summed E-state index contributed by atoms with van der Waals surface area (Å²) in [5.74, 6) is 1.85. The van der Waals surface area contributed by atoms with E-state index in [2.05, 4.69) is 201 Å². The molecule has 8 aromatic carbocycles. The predicted octanol–water partition coefficient (Wildman–Crippen LogP) is 14.1. The van der Waals surface area contributed by atoms with Crippen molar-refractivity contribution in [2.75, 3.05) is 0 Å². The molecule has 0 radical (unpaired) electrons. The fourth-order valence-corrected chi connectivity index (χ4v) is 10.0. The zero-order chi connectivity index (χ0) is 40.3. The molecule has 0 N–H and O–H groups in total. The molecule has 0 unspecified atom stereocenters. The van der Waals surface area contributed by atoms with E-state index in [-0.39, 0.29) is 10.8 Å². The molecular formula is C55H43N5. The number of para-hydroxylation sites is 2. The van der Waals surface area contributed by atoms with Crippen LogP contribution >= 0.6 is 0 Å². The number of hydrogen-bond acceptors (Lipinski definition) is 3. The molecule has 5 heteroatoms. The Kier molecular flexibility index (Phi) is 7.38. The summed E-state index contributed by atoms with van der Waals surface area (Å²) in [6.07, 6.45) is 2.31. The highest BCUT2D eigenvalue weighted by molar-refractivity contribution is 6.24. The van der Waals surface area contributed by atoms with Crippen LogP contribution in [-0.2, 0) is 10.8 Å². The summed E-state index contributed by atoms with van der Waals surface area (Å²) in [7, 11) is 0. The zero-order valence-corrected chi connectivity index (χ0v) is 34.2. The van der Waals surface area contributed by atoms with Crippen LogP contribution in [0.5, 0.6) is 0 Å². The molecule has 3 aromatic heterocycles. The van der Waals surface area contributed by atoms with Crippen molar-refractivity contribution >= 4 is 65.2 Å². The maximum atomic E-state index is 5.44. The number of nitrogens with zero attached hydrogens (tertiary/aromatic N) is 5. The third-order valence-corrected chi connectivity index (χ3v) is 13.4. The van der Waals surface area contributed by atoms with Crippen molar-refractivity contribution in [2.24, 2.45) is 0 Å². The van der Waals surface area contributed by atoms with Crippen LogP contribution in [0.25, 0.3) is 99.6 Å². The average molecular weight is 774 g/mol. The Labute approximate surface area is 348 Å². The van der Waals surface area contributed by atoms with Gasteiger partial charge in [0.1, 0.15) is 0 Å². The largest absolute Gasteiger partial charge is 0.307 e. The highest BCUT2D eigenvalue weighted by Crippen LogP contribution is 2.50. The molecule has 3 heterocycles. The van der Waals surface area contributed by atoms with E-state index < -0.39 is 0 Å². The first-order valence-electron chi connectivity index (χ1n) is 21.1. The molecule has 11 aromatic rings. The highest BCUT2D eigenvalue weighted by atomic mass is 15.2. The van der Waals surface area contributed by atoms with Gasteiger partial charge >= 0.3 is 0 Å². The van der Waals surface area contributed by atoms with Gasteiger partial charge in [0.15, 0.2) is 11.6 Å². The lowest BCUT2D eigenvalue weighted by atomic mass is 9.63. The third-order valence-electron chi connectivity index (χ3n) is 13.4. The van der Waals surface area contributed by atoms with E-state index in [9.17, 15) is 0 Å². The Bertz CT molecular complexity index is 3450. The first-order valence-corrected chi connectivity index (χ1v) is 21.1. The number of rotatable bonds is 4. The molecule has 60 heavy (non-hydrogen) atoms. The summed E-state index contributed by atoms with van der Waals surface area (Å²) >= 11 is 0. The van der Waals surface area contributed by atoms with E-state index in [0.717, 1.165) is 67.8 Å². The topological polar surface area (TPSA) is 48.5 Å². The van der Waals surface area contributed by atoms with Crippen molar-refractivity contribution in [1.29, 1.82) is 0 Å². The van der Waals surface area contributed by atoms with Gasteiger partial charge in [-0.1, -0.05) is 149 Å². The van der Waals surface area contributed by atoms with Gasteiger partial charge in [-0.15, -0.1) is 0 Å². The lowest BCUT2D eigenvalue weighted by Crippen LogP contribution is -2.33. The van der Waals surface area contributed by atoms with Crippen LogP contribution in [0.4, 0.5) is 0 Å². The standard InChI is InChI=1S/C55H43N5/c1-54(2)28-29-55(3,4)46-33-48-44(32-45(46)54)43-27-26-42-41-20-12-13-21-47(41)60(50(42)49(43)59(48)40-18-6-5-7-19-40)53-57-51(38-24-22-34-14-8-10-16-36(34)30-38)56-52(58-53)39-25-23-35-15-9-11-17-37(35)31-39/h5-27,30-33H,28-29H2,1-4H3. The molecule has 0 amide bonds. The van der Waals surface area contributed by atoms with Gasteiger partial charge < -0.3 is 4.57 Å². The smallest absolute Gasteiger partial charge is 0.238 e. The summed E-state index contributed by atoms with van der Waals surface area (Å²) in [4.78, 5) is 16.1. The van der Waals surface area contributed by atoms with Gasteiger partial charge in [0, 0.05) is 38.4 Å². The van der Waals surface area contributed by atoms with E-state index in [1.165, 1.54) is 38.2 Å². The van der Waals surface area contributed by atoms with Gasteiger partial charge in [0.2, 0.25) is 5.95 Å². The minimum atomic E-state index is 0.0600. The molecule has 288 valence electrons. The number of fused-ring (bicyclic) bond motifs is 10. The lowest BCUT2D eigenvalue weighted by molar-refractivity contribution is 0.332. The van der Waals surface area contributed by atoms with E-state index >= 15 is 0 Å². The quantitative estimate of drug-likeness (QED) is 0.179. The highest BCUT2D eigenvalue weighted by Gasteiger charge is 2.38. The average Bonchev–Trinajstić information content (AvgIpc) is 3.80. The fraction of sp³-hybridized carbons (Fsp3) is 0.145. The summed E-state index contributed by atoms with van der Waals surface area (Å²) in [6, 6.07) is 59.1. The lowest BCUT2D eigenvalue weighted by Gasteiger charge is -2.42. The van der Waals surface area contributed by atoms with Crippen LogP contribution in [0.3, 0.4) is 0 Å². The minimum Gasteiger partial charge on any atom is -0.307 e. The zero-order valence-electron chi connectivity index (χ0n) is 34.2. The Morgan fingerprint density at radius 3 is 1.55 bits per heavy atom. The van der Waals surface area contributed by atoms with Crippen LogP contribution in [-0.4, -0.2) is 24.1 Å². The maximum Gasteiger partial charge on any atom is 0.238 e. The van der Waals surface area contributed by atoms with Crippen molar-refractivity contribution in [3.63, 3.8) is 0 Å². The second kappa shape index (κ2) is 12.7. The molecular weight excluding hydrogens is 731 g/mol. The van der Waals surface area contributed by atoms with E-state index in [0.29, 0.717) is 17.6 Å². The van der Waals surface area contributed by atoms with Crippen molar-refractivity contribution in [3.05, 3.63) is 175 Å². The minimum absolute atomic E-state index is 0.0600. The summed E-state index contributed by atoms with van der Waals surface area (Å²) in [5.41, 5.74) is 10.5. The predicted molar refractivity (Wildman–Crippen MR) is 250 cm³/mol. The molecule has 0 saturated heterocycles. The van der Waals surface area contributed by atoms with Crippen LogP contribution in [0.15, 0.2) is 164 Å².